The molecular weight excluding hydrogens is 406 g/mol. The molecule has 3 rings (SSSR count). The van der Waals surface area contributed by atoms with Crippen LogP contribution in [0.25, 0.3) is 5.76 Å². The minimum absolute atomic E-state index is 0.109. The maximum Gasteiger partial charge on any atom is 0.295 e. The number of carbonyl (C=O) groups is 2. The van der Waals surface area contributed by atoms with Crippen LogP contribution in [-0.4, -0.2) is 49.1 Å². The van der Waals surface area contributed by atoms with Crippen LogP contribution in [0.3, 0.4) is 0 Å². The Balaban J connectivity index is 2.13. The number of hydrogen-bond acceptors (Lipinski definition) is 5. The second-order valence-electron chi connectivity index (χ2n) is 8.34. The number of hydrogen-bond donors (Lipinski definition) is 1. The average Bonchev–Trinajstić information content (AvgIpc) is 3.03. The summed E-state index contributed by atoms with van der Waals surface area (Å²) in [6, 6.07) is 12.4. The van der Waals surface area contributed by atoms with Crippen molar-refractivity contribution in [3.05, 3.63) is 70.3 Å². The Morgan fingerprint density at radius 3 is 2.34 bits per heavy atom. The van der Waals surface area contributed by atoms with Crippen molar-refractivity contribution in [1.29, 1.82) is 0 Å². The molecule has 6 nitrogen and oxygen atoms in total. The number of Topliss-reactive ketones (excluding diaryl/α,β-unsaturated/α-hetero) is 1. The topological polar surface area (TPSA) is 76.1 Å². The third-order valence-corrected chi connectivity index (χ3v) is 5.90. The predicted octanol–water partition coefficient (Wildman–Crippen LogP) is 4.59. The van der Waals surface area contributed by atoms with Crippen molar-refractivity contribution >= 4 is 17.4 Å². The highest BCUT2D eigenvalue weighted by Gasteiger charge is 2.45. The molecule has 1 atom stereocenters. The number of nitrogens with zero attached hydrogens (tertiary/aromatic N) is 1. The highest BCUT2D eigenvalue weighted by atomic mass is 16.5. The monoisotopic (exact) mass is 437 g/mol. The molecule has 1 aliphatic rings. The van der Waals surface area contributed by atoms with Crippen molar-refractivity contribution < 1.29 is 24.2 Å². The minimum Gasteiger partial charge on any atom is -0.507 e. The average molecular weight is 438 g/mol. The second-order valence-corrected chi connectivity index (χ2v) is 8.34. The first-order valence-corrected chi connectivity index (χ1v) is 10.8. The van der Waals surface area contributed by atoms with Crippen LogP contribution < -0.4 is 4.74 Å². The predicted molar refractivity (Wildman–Crippen MR) is 124 cm³/mol. The van der Waals surface area contributed by atoms with E-state index in [1.807, 2.05) is 31.2 Å². The van der Waals surface area contributed by atoms with E-state index >= 15 is 0 Å². The summed E-state index contributed by atoms with van der Waals surface area (Å²) < 4.78 is 10.4. The third kappa shape index (κ3) is 4.55. The quantitative estimate of drug-likeness (QED) is 0.283. The van der Waals surface area contributed by atoms with Crippen LogP contribution in [0.15, 0.2) is 48.0 Å². The van der Waals surface area contributed by atoms with E-state index in [2.05, 4.69) is 13.8 Å². The number of likely N-dealkylation sites (tertiary alicyclic amines) is 1. The maximum absolute atomic E-state index is 13.1. The molecule has 1 saturated heterocycles. The molecule has 1 amide bonds. The van der Waals surface area contributed by atoms with Crippen LogP contribution in [0.2, 0.25) is 0 Å². The number of aliphatic hydroxyl groups is 1. The summed E-state index contributed by atoms with van der Waals surface area (Å²) in [5.74, 6) is -0.436. The molecule has 0 radical (unpaired) electrons. The number of carbonyl (C=O) groups excluding carboxylic acids is 2. The van der Waals surface area contributed by atoms with Crippen LogP contribution in [-0.2, 0) is 14.3 Å². The van der Waals surface area contributed by atoms with Gasteiger partial charge in [-0.15, -0.1) is 0 Å². The summed E-state index contributed by atoms with van der Waals surface area (Å²) in [7, 11) is 3.17. The molecule has 1 fully saturated rings. The molecule has 2 aromatic rings. The molecule has 0 bridgehead atoms. The summed E-state index contributed by atoms with van der Waals surface area (Å²) in [5.41, 5.74) is 3.32. The van der Waals surface area contributed by atoms with Crippen molar-refractivity contribution in [2.45, 2.75) is 39.2 Å². The Morgan fingerprint density at radius 2 is 1.78 bits per heavy atom. The summed E-state index contributed by atoms with van der Waals surface area (Å²) in [4.78, 5) is 27.6. The smallest absolute Gasteiger partial charge is 0.295 e. The molecule has 32 heavy (non-hydrogen) atoms. The zero-order valence-corrected chi connectivity index (χ0v) is 19.3. The van der Waals surface area contributed by atoms with Crippen molar-refractivity contribution in [1.82, 2.24) is 4.90 Å². The number of ether oxygens (including phenoxy) is 2. The van der Waals surface area contributed by atoms with Gasteiger partial charge in [-0.1, -0.05) is 38.1 Å². The molecule has 0 saturated carbocycles. The van der Waals surface area contributed by atoms with Gasteiger partial charge in [0, 0.05) is 25.8 Å². The fourth-order valence-electron chi connectivity index (χ4n) is 4.07. The van der Waals surface area contributed by atoms with E-state index in [-0.39, 0.29) is 11.3 Å². The molecule has 2 aromatic carbocycles. The number of rotatable bonds is 8. The van der Waals surface area contributed by atoms with Gasteiger partial charge in [-0.3, -0.25) is 9.59 Å². The largest absolute Gasteiger partial charge is 0.507 e. The number of methoxy groups -OCH3 is 2. The summed E-state index contributed by atoms with van der Waals surface area (Å²) in [5, 5.41) is 11.2. The van der Waals surface area contributed by atoms with Gasteiger partial charge >= 0.3 is 0 Å². The van der Waals surface area contributed by atoms with E-state index in [9.17, 15) is 14.7 Å². The lowest BCUT2D eigenvalue weighted by Crippen LogP contribution is -2.31. The van der Waals surface area contributed by atoms with Crippen LogP contribution in [0, 0.1) is 6.92 Å². The normalized spacial score (nSPS) is 17.9. The Kier molecular flexibility index (Phi) is 7.36. The zero-order valence-electron chi connectivity index (χ0n) is 19.3. The first kappa shape index (κ1) is 23.5. The van der Waals surface area contributed by atoms with Gasteiger partial charge in [0.15, 0.2) is 0 Å². The number of aryl methyl sites for hydroxylation is 1. The standard InChI is InChI=1S/C26H31NO5/c1-16(2)18-7-9-19(10-8-18)23-22(25(29)26(30)27(23)13-6-14-31-4)24(28)21-12-11-20(32-5)15-17(21)3/h7-12,15-16,23,28H,6,13-14H2,1-5H3/b24-22-. The Labute approximate surface area is 189 Å². The van der Waals surface area contributed by atoms with Crippen molar-refractivity contribution in [2.75, 3.05) is 27.4 Å². The third-order valence-electron chi connectivity index (χ3n) is 5.90. The maximum atomic E-state index is 13.1. The van der Waals surface area contributed by atoms with E-state index in [4.69, 9.17) is 9.47 Å². The minimum atomic E-state index is -0.673. The van der Waals surface area contributed by atoms with Crippen molar-refractivity contribution in [3.63, 3.8) is 0 Å². The molecule has 1 heterocycles. The van der Waals surface area contributed by atoms with Gasteiger partial charge in [0.1, 0.15) is 11.5 Å². The summed E-state index contributed by atoms with van der Waals surface area (Å²) in [6.45, 7) is 6.88. The van der Waals surface area contributed by atoms with Gasteiger partial charge in [0.2, 0.25) is 0 Å². The van der Waals surface area contributed by atoms with E-state index in [0.717, 1.165) is 16.7 Å². The highest BCUT2D eigenvalue weighted by molar-refractivity contribution is 6.46. The van der Waals surface area contributed by atoms with Gasteiger partial charge in [0.25, 0.3) is 11.7 Å². The number of aliphatic hydroxyl groups excluding tert-OH is 1. The Bertz CT molecular complexity index is 1020. The molecule has 6 heteroatoms. The fraction of sp³-hybridized carbons (Fsp3) is 0.385. The van der Waals surface area contributed by atoms with Gasteiger partial charge in [-0.25, -0.2) is 0 Å². The molecular formula is C26H31NO5. The molecule has 1 unspecified atom stereocenters. The van der Waals surface area contributed by atoms with Crippen LogP contribution in [0.5, 0.6) is 5.75 Å². The molecule has 1 aliphatic heterocycles. The first-order chi connectivity index (χ1) is 15.3. The second kappa shape index (κ2) is 10.0. The summed E-state index contributed by atoms with van der Waals surface area (Å²) >= 11 is 0. The highest BCUT2D eigenvalue weighted by Crippen LogP contribution is 2.40. The summed E-state index contributed by atoms with van der Waals surface area (Å²) in [6.07, 6.45) is 0.589. The lowest BCUT2D eigenvalue weighted by atomic mass is 9.92. The van der Waals surface area contributed by atoms with Crippen LogP contribution in [0.1, 0.15) is 54.5 Å². The fourth-order valence-corrected chi connectivity index (χ4v) is 4.07. The molecule has 0 aromatic heterocycles. The number of amides is 1. The van der Waals surface area contributed by atoms with Crippen LogP contribution in [0.4, 0.5) is 0 Å². The Morgan fingerprint density at radius 1 is 1.09 bits per heavy atom. The van der Waals surface area contributed by atoms with Crippen molar-refractivity contribution in [3.8, 4) is 5.75 Å². The van der Waals surface area contributed by atoms with E-state index in [0.29, 0.717) is 36.8 Å². The number of ketones is 1. The van der Waals surface area contributed by atoms with Crippen molar-refractivity contribution in [2.24, 2.45) is 0 Å². The van der Waals surface area contributed by atoms with Gasteiger partial charge < -0.3 is 19.5 Å². The lowest BCUT2D eigenvalue weighted by molar-refractivity contribution is -0.140. The van der Waals surface area contributed by atoms with Gasteiger partial charge in [-0.2, -0.15) is 0 Å². The van der Waals surface area contributed by atoms with Gasteiger partial charge in [0.05, 0.1) is 18.7 Å². The SMILES string of the molecule is COCCCN1C(=O)C(=O)/C(=C(\O)c2ccc(OC)cc2C)C1c1ccc(C(C)C)cc1. The van der Waals surface area contributed by atoms with Gasteiger partial charge in [-0.05, 0) is 54.2 Å². The molecule has 170 valence electrons. The molecule has 0 spiro atoms. The lowest BCUT2D eigenvalue weighted by Gasteiger charge is -2.25. The van der Waals surface area contributed by atoms with E-state index in [1.165, 1.54) is 4.90 Å². The first-order valence-electron chi connectivity index (χ1n) is 10.8. The molecule has 1 N–H and O–H groups in total. The number of benzene rings is 2. The van der Waals surface area contributed by atoms with E-state index in [1.54, 1.807) is 32.4 Å². The zero-order chi connectivity index (χ0) is 23.4. The molecule has 0 aliphatic carbocycles. The Hall–Kier alpha value is -3.12. The van der Waals surface area contributed by atoms with E-state index < -0.39 is 17.7 Å². The van der Waals surface area contributed by atoms with Crippen LogP contribution >= 0.6 is 0 Å².